The first-order chi connectivity index (χ1) is 13.5. The Hall–Kier alpha value is -3.73. The van der Waals surface area contributed by atoms with E-state index in [1.807, 2.05) is 54.6 Å². The van der Waals surface area contributed by atoms with Crippen molar-refractivity contribution in [1.29, 1.82) is 0 Å². The average Bonchev–Trinajstić information content (AvgIpc) is 3.14. The highest BCUT2D eigenvalue weighted by Crippen LogP contribution is 2.38. The Morgan fingerprint density at radius 3 is 2.18 bits per heavy atom. The number of aromatic nitrogens is 1. The van der Waals surface area contributed by atoms with Gasteiger partial charge in [0.2, 0.25) is 0 Å². The van der Waals surface area contributed by atoms with Gasteiger partial charge in [-0.1, -0.05) is 54.6 Å². The van der Waals surface area contributed by atoms with E-state index in [0.29, 0.717) is 5.56 Å². The van der Waals surface area contributed by atoms with E-state index < -0.39 is 5.91 Å². The van der Waals surface area contributed by atoms with Crippen molar-refractivity contribution in [2.24, 2.45) is 0 Å². The van der Waals surface area contributed by atoms with Gasteiger partial charge >= 0.3 is 0 Å². The molecule has 0 aliphatic heterocycles. The maximum Gasteiger partial charge on any atom is 0.269 e. The lowest BCUT2D eigenvalue weighted by Crippen LogP contribution is -2.13. The van der Waals surface area contributed by atoms with Crippen LogP contribution in [0.1, 0.15) is 21.5 Å². The van der Waals surface area contributed by atoms with Crippen molar-refractivity contribution in [3.05, 3.63) is 89.7 Å². The summed E-state index contributed by atoms with van der Waals surface area (Å²) in [4.78, 5) is 13.2. The van der Waals surface area contributed by atoms with Gasteiger partial charge in [0.25, 0.3) is 5.91 Å². The van der Waals surface area contributed by atoms with Crippen LogP contribution in [0.3, 0.4) is 0 Å². The number of benzene rings is 3. The van der Waals surface area contributed by atoms with E-state index in [9.17, 15) is 15.0 Å². The molecule has 0 amide bonds. The number of carbonyl (C=O) groups is 1. The van der Waals surface area contributed by atoms with Gasteiger partial charge in [0.1, 0.15) is 29.4 Å². The van der Waals surface area contributed by atoms with Gasteiger partial charge in [0.15, 0.2) is 0 Å². The first kappa shape index (κ1) is 17.7. The molecule has 5 heteroatoms. The molecule has 0 unspecified atom stereocenters. The van der Waals surface area contributed by atoms with Crippen LogP contribution in [0.25, 0.3) is 10.8 Å². The monoisotopic (exact) mass is 373 g/mol. The summed E-state index contributed by atoms with van der Waals surface area (Å²) in [5.41, 5.74) is 1.33. The van der Waals surface area contributed by atoms with Crippen molar-refractivity contribution in [3.63, 3.8) is 0 Å². The summed E-state index contributed by atoms with van der Waals surface area (Å²) >= 11 is 0. The molecule has 0 atom stereocenters. The van der Waals surface area contributed by atoms with Gasteiger partial charge in [0.05, 0.1) is 0 Å². The van der Waals surface area contributed by atoms with Crippen LogP contribution in [0.4, 0.5) is 0 Å². The topological polar surface area (TPSA) is 71.7 Å². The Morgan fingerprint density at radius 1 is 0.929 bits per heavy atom. The fraction of sp³-hybridized carbons (Fsp3) is 0.0870. The standard InChI is InChI=1S/C23H19NO4/c1-15-19(25)11-20(26)21(22(15)28-14-16-7-3-2-4-8-16)23(27)24-12-17-9-5-6-10-18(17)13-24/h2-13,25-26H,14H2,1H3. The summed E-state index contributed by atoms with van der Waals surface area (Å²) in [5.74, 6) is -0.715. The van der Waals surface area contributed by atoms with E-state index in [2.05, 4.69) is 0 Å². The van der Waals surface area contributed by atoms with Crippen molar-refractivity contribution in [1.82, 2.24) is 4.57 Å². The molecule has 4 rings (SSSR count). The number of rotatable bonds is 4. The van der Waals surface area contributed by atoms with Crippen molar-refractivity contribution >= 4 is 16.7 Å². The van der Waals surface area contributed by atoms with E-state index >= 15 is 0 Å². The zero-order chi connectivity index (χ0) is 19.7. The molecule has 0 aliphatic carbocycles. The first-order valence-electron chi connectivity index (χ1n) is 8.88. The molecule has 3 aromatic carbocycles. The summed E-state index contributed by atoms with van der Waals surface area (Å²) in [6, 6.07) is 18.3. The number of carbonyl (C=O) groups excluding carboxylic acids is 1. The predicted molar refractivity (Wildman–Crippen MR) is 107 cm³/mol. The molecule has 140 valence electrons. The predicted octanol–water partition coefficient (Wildman–Crippen LogP) is 4.63. The zero-order valence-electron chi connectivity index (χ0n) is 15.3. The SMILES string of the molecule is Cc1c(O)cc(O)c(C(=O)n2cc3ccccc3c2)c1OCc1ccccc1. The molecule has 5 nitrogen and oxygen atoms in total. The maximum atomic E-state index is 13.2. The van der Waals surface area contributed by atoms with Crippen molar-refractivity contribution in [2.75, 3.05) is 0 Å². The molecule has 0 bridgehead atoms. The van der Waals surface area contributed by atoms with Gasteiger partial charge in [-0.2, -0.15) is 0 Å². The number of phenolic OH excluding ortho intramolecular Hbond substituents is 2. The maximum absolute atomic E-state index is 13.2. The molecule has 0 radical (unpaired) electrons. The largest absolute Gasteiger partial charge is 0.507 e. The molecule has 1 heterocycles. The number of ether oxygens (including phenoxy) is 1. The van der Waals surface area contributed by atoms with Gasteiger partial charge in [-0.25, -0.2) is 0 Å². The van der Waals surface area contributed by atoms with E-state index in [1.165, 1.54) is 10.6 Å². The zero-order valence-corrected chi connectivity index (χ0v) is 15.3. The van der Waals surface area contributed by atoms with E-state index in [-0.39, 0.29) is 29.4 Å². The molecular weight excluding hydrogens is 354 g/mol. The number of phenols is 2. The highest BCUT2D eigenvalue weighted by Gasteiger charge is 2.24. The third kappa shape index (κ3) is 3.18. The minimum Gasteiger partial charge on any atom is -0.507 e. The fourth-order valence-electron chi connectivity index (χ4n) is 3.18. The van der Waals surface area contributed by atoms with Crippen LogP contribution in [0, 0.1) is 6.92 Å². The molecule has 0 spiro atoms. The molecule has 2 N–H and O–H groups in total. The van der Waals surface area contributed by atoms with E-state index in [0.717, 1.165) is 16.3 Å². The van der Waals surface area contributed by atoms with Gasteiger partial charge in [-0.15, -0.1) is 0 Å². The molecule has 0 saturated carbocycles. The van der Waals surface area contributed by atoms with Crippen LogP contribution in [-0.4, -0.2) is 20.7 Å². The van der Waals surface area contributed by atoms with Gasteiger partial charge in [-0.3, -0.25) is 9.36 Å². The van der Waals surface area contributed by atoms with E-state index in [1.54, 1.807) is 19.3 Å². The number of hydrogen-bond donors (Lipinski definition) is 2. The number of nitrogens with zero attached hydrogens (tertiary/aromatic N) is 1. The first-order valence-corrected chi connectivity index (χ1v) is 8.88. The summed E-state index contributed by atoms with van der Waals surface area (Å²) in [6.07, 6.45) is 3.42. The second kappa shape index (κ2) is 7.12. The summed E-state index contributed by atoms with van der Waals surface area (Å²) in [7, 11) is 0. The molecule has 0 fully saturated rings. The summed E-state index contributed by atoms with van der Waals surface area (Å²) < 4.78 is 7.30. The minimum atomic E-state index is -0.431. The molecule has 4 aromatic rings. The summed E-state index contributed by atoms with van der Waals surface area (Å²) in [5, 5.41) is 22.4. The quantitative estimate of drug-likeness (QED) is 0.547. The van der Waals surface area contributed by atoms with Gasteiger partial charge < -0.3 is 14.9 Å². The smallest absolute Gasteiger partial charge is 0.269 e. The Balaban J connectivity index is 1.76. The minimum absolute atomic E-state index is 0.0199. The molecule has 1 aromatic heterocycles. The Morgan fingerprint density at radius 2 is 1.54 bits per heavy atom. The lowest BCUT2D eigenvalue weighted by atomic mass is 10.1. The van der Waals surface area contributed by atoms with Crippen LogP contribution < -0.4 is 4.74 Å². The van der Waals surface area contributed by atoms with Crippen LogP contribution >= 0.6 is 0 Å². The third-order valence-corrected chi connectivity index (χ3v) is 4.71. The Labute approximate surface area is 162 Å². The highest BCUT2D eigenvalue weighted by molar-refractivity contribution is 6.03. The van der Waals surface area contributed by atoms with Crippen molar-refractivity contribution < 1.29 is 19.7 Å². The van der Waals surface area contributed by atoms with Gasteiger partial charge in [0, 0.05) is 24.0 Å². The Kier molecular flexibility index (Phi) is 4.49. The highest BCUT2D eigenvalue weighted by atomic mass is 16.5. The third-order valence-electron chi connectivity index (χ3n) is 4.71. The van der Waals surface area contributed by atoms with E-state index in [4.69, 9.17) is 4.74 Å². The number of hydrogen-bond acceptors (Lipinski definition) is 4. The Bertz CT molecular complexity index is 1130. The second-order valence-electron chi connectivity index (χ2n) is 6.62. The second-order valence-corrected chi connectivity index (χ2v) is 6.62. The fourth-order valence-corrected chi connectivity index (χ4v) is 3.18. The van der Waals surface area contributed by atoms with Crippen LogP contribution in [-0.2, 0) is 6.61 Å². The van der Waals surface area contributed by atoms with Crippen LogP contribution in [0.5, 0.6) is 17.2 Å². The van der Waals surface area contributed by atoms with Crippen LogP contribution in [0.2, 0.25) is 0 Å². The number of fused-ring (bicyclic) bond motifs is 1. The average molecular weight is 373 g/mol. The number of aromatic hydroxyl groups is 2. The van der Waals surface area contributed by atoms with Gasteiger partial charge in [-0.05, 0) is 23.3 Å². The van der Waals surface area contributed by atoms with Crippen molar-refractivity contribution in [3.8, 4) is 17.2 Å². The molecular formula is C23H19NO4. The normalized spacial score (nSPS) is 10.9. The lowest BCUT2D eigenvalue weighted by molar-refractivity contribution is 0.0953. The molecule has 0 aliphatic rings. The van der Waals surface area contributed by atoms with Crippen LogP contribution in [0.15, 0.2) is 73.1 Å². The summed E-state index contributed by atoms with van der Waals surface area (Å²) in [6.45, 7) is 1.86. The molecule has 28 heavy (non-hydrogen) atoms. The lowest BCUT2D eigenvalue weighted by Gasteiger charge is -2.16. The van der Waals surface area contributed by atoms with Crippen molar-refractivity contribution in [2.45, 2.75) is 13.5 Å². The molecule has 0 saturated heterocycles.